The summed E-state index contributed by atoms with van der Waals surface area (Å²) in [6.07, 6.45) is 3.00. The molecule has 108 valence electrons. The van der Waals surface area contributed by atoms with Crippen molar-refractivity contribution >= 4 is 37.4 Å². The number of carbonyl (C=O) groups is 1. The Labute approximate surface area is 130 Å². The van der Waals surface area contributed by atoms with E-state index in [4.69, 9.17) is 0 Å². The monoisotopic (exact) mass is 366 g/mol. The van der Waals surface area contributed by atoms with Gasteiger partial charge in [0.15, 0.2) is 5.78 Å². The van der Waals surface area contributed by atoms with E-state index in [0.717, 1.165) is 0 Å². The molecule has 1 aromatic heterocycles. The van der Waals surface area contributed by atoms with Gasteiger partial charge in [-0.3, -0.25) is 14.1 Å². The van der Waals surface area contributed by atoms with Crippen molar-refractivity contribution in [1.29, 1.82) is 0 Å². The fraction of sp³-hybridized carbons (Fsp3) is 0.143. The second kappa shape index (κ2) is 5.23. The minimum atomic E-state index is -3.73. The first kappa shape index (κ1) is 14.2. The molecule has 0 bridgehead atoms. The molecule has 0 fully saturated rings. The Bertz CT molecular complexity index is 820. The number of anilines is 1. The largest absolute Gasteiger partial charge is 0.294 e. The molecule has 7 heteroatoms. The zero-order chi connectivity index (χ0) is 15.0. The number of pyridine rings is 1. The van der Waals surface area contributed by atoms with Crippen molar-refractivity contribution in [3.63, 3.8) is 0 Å². The lowest BCUT2D eigenvalue weighted by Crippen LogP contribution is -2.37. The van der Waals surface area contributed by atoms with Gasteiger partial charge < -0.3 is 0 Å². The van der Waals surface area contributed by atoms with E-state index in [1.165, 1.54) is 22.8 Å². The molecule has 0 saturated heterocycles. The Balaban J connectivity index is 2.13. The highest BCUT2D eigenvalue weighted by Gasteiger charge is 2.32. The summed E-state index contributed by atoms with van der Waals surface area (Å²) in [4.78, 5) is 15.9. The Hall–Kier alpha value is -1.73. The molecule has 0 N–H and O–H groups in total. The molecular formula is C14H11BrN2O3S. The summed E-state index contributed by atoms with van der Waals surface area (Å²) in [5, 5.41) is 0. The normalized spacial score (nSPS) is 14.9. The van der Waals surface area contributed by atoms with E-state index >= 15 is 0 Å². The number of Topliss-reactive ketones (excluding diaryl/α,β-unsaturated/α-hetero) is 1. The van der Waals surface area contributed by atoms with E-state index in [1.54, 1.807) is 24.3 Å². The number of nitrogens with zero attached hydrogens (tertiary/aromatic N) is 2. The molecule has 0 saturated carbocycles. The number of hydrogen-bond donors (Lipinski definition) is 0. The first-order valence-electron chi connectivity index (χ1n) is 6.25. The topological polar surface area (TPSA) is 67.3 Å². The number of benzene rings is 1. The first-order valence-corrected chi connectivity index (χ1v) is 8.49. The van der Waals surface area contributed by atoms with Crippen LogP contribution in [0.4, 0.5) is 5.69 Å². The second-order valence-electron chi connectivity index (χ2n) is 4.61. The summed E-state index contributed by atoms with van der Waals surface area (Å²) < 4.78 is 27.4. The van der Waals surface area contributed by atoms with Gasteiger partial charge in [0.25, 0.3) is 10.0 Å². The number of halogens is 1. The number of rotatable bonds is 2. The maximum atomic E-state index is 12.8. The highest BCUT2D eigenvalue weighted by atomic mass is 79.9. The molecule has 1 aliphatic rings. The van der Waals surface area contributed by atoms with Crippen LogP contribution < -0.4 is 4.31 Å². The predicted octanol–water partition coefficient (Wildman–Crippen LogP) is 2.63. The minimum Gasteiger partial charge on any atom is -0.294 e. The van der Waals surface area contributed by atoms with Crippen LogP contribution in [0.2, 0.25) is 0 Å². The summed E-state index contributed by atoms with van der Waals surface area (Å²) in [6.45, 7) is 0.144. The second-order valence-corrected chi connectivity index (χ2v) is 7.38. The maximum Gasteiger partial charge on any atom is 0.265 e. The Morgan fingerprint density at radius 1 is 1.19 bits per heavy atom. The average Bonchev–Trinajstić information content (AvgIpc) is 2.47. The van der Waals surface area contributed by atoms with Crippen molar-refractivity contribution in [3.8, 4) is 0 Å². The van der Waals surface area contributed by atoms with Crippen LogP contribution in [0.25, 0.3) is 0 Å². The van der Waals surface area contributed by atoms with Gasteiger partial charge in [-0.05, 0) is 34.1 Å². The average molecular weight is 367 g/mol. The third-order valence-corrected chi connectivity index (χ3v) is 5.50. The molecular weight excluding hydrogens is 356 g/mol. The fourth-order valence-electron chi connectivity index (χ4n) is 2.30. The van der Waals surface area contributed by atoms with Gasteiger partial charge in [0.05, 0.1) is 5.69 Å². The van der Waals surface area contributed by atoms with E-state index in [1.807, 2.05) is 0 Å². The maximum absolute atomic E-state index is 12.8. The lowest BCUT2D eigenvalue weighted by Gasteiger charge is -2.29. The molecule has 0 atom stereocenters. The van der Waals surface area contributed by atoms with Crippen LogP contribution >= 0.6 is 15.9 Å². The predicted molar refractivity (Wildman–Crippen MR) is 81.9 cm³/mol. The number of para-hydroxylation sites is 1. The molecule has 0 spiro atoms. The molecule has 0 unspecified atom stereocenters. The highest BCUT2D eigenvalue weighted by molar-refractivity contribution is 9.10. The van der Waals surface area contributed by atoms with Gasteiger partial charge in [-0.2, -0.15) is 0 Å². The molecule has 1 aliphatic heterocycles. The van der Waals surface area contributed by atoms with Gasteiger partial charge in [0, 0.05) is 35.4 Å². The van der Waals surface area contributed by atoms with Crippen LogP contribution in [0.1, 0.15) is 16.8 Å². The fourth-order valence-corrected chi connectivity index (χ4v) is 4.29. The summed E-state index contributed by atoms with van der Waals surface area (Å²) >= 11 is 3.22. The van der Waals surface area contributed by atoms with Crippen molar-refractivity contribution in [1.82, 2.24) is 4.98 Å². The lowest BCUT2D eigenvalue weighted by atomic mass is 10.0. The van der Waals surface area contributed by atoms with Gasteiger partial charge in [0.1, 0.15) is 4.90 Å². The quantitative estimate of drug-likeness (QED) is 0.819. The van der Waals surface area contributed by atoms with Crippen molar-refractivity contribution in [3.05, 3.63) is 52.8 Å². The van der Waals surface area contributed by atoms with Crippen LogP contribution in [0.3, 0.4) is 0 Å². The molecule has 0 amide bonds. The van der Waals surface area contributed by atoms with Gasteiger partial charge >= 0.3 is 0 Å². The Morgan fingerprint density at radius 3 is 2.71 bits per heavy atom. The van der Waals surface area contributed by atoms with Crippen molar-refractivity contribution in [2.45, 2.75) is 11.3 Å². The van der Waals surface area contributed by atoms with Crippen LogP contribution in [-0.2, 0) is 10.0 Å². The number of aromatic nitrogens is 1. The lowest BCUT2D eigenvalue weighted by molar-refractivity contribution is 0.0982. The van der Waals surface area contributed by atoms with Gasteiger partial charge in [-0.15, -0.1) is 0 Å². The smallest absolute Gasteiger partial charge is 0.265 e. The number of hydrogen-bond acceptors (Lipinski definition) is 4. The van der Waals surface area contributed by atoms with Crippen molar-refractivity contribution in [2.75, 3.05) is 10.8 Å². The van der Waals surface area contributed by atoms with Crippen molar-refractivity contribution < 1.29 is 13.2 Å². The zero-order valence-electron chi connectivity index (χ0n) is 10.9. The highest BCUT2D eigenvalue weighted by Crippen LogP contribution is 2.32. The molecule has 2 aromatic rings. The number of carbonyl (C=O) groups excluding carboxylic acids is 1. The van der Waals surface area contributed by atoms with Crippen LogP contribution in [-0.4, -0.2) is 25.7 Å². The summed E-state index contributed by atoms with van der Waals surface area (Å²) in [5.41, 5.74) is 0.865. The van der Waals surface area contributed by atoms with Crippen molar-refractivity contribution in [2.24, 2.45) is 0 Å². The first-order chi connectivity index (χ1) is 10.00. The molecule has 0 radical (unpaired) electrons. The minimum absolute atomic E-state index is 0.0376. The van der Waals surface area contributed by atoms with E-state index in [0.29, 0.717) is 15.7 Å². The standard InChI is InChI=1S/C14H11BrN2O3S/c15-10-7-11(9-16-8-10)21(19,20)17-6-5-14(18)12-3-1-2-4-13(12)17/h1-4,7-9H,5-6H2. The SMILES string of the molecule is O=C1CCN(S(=O)(=O)c2cncc(Br)c2)c2ccccc21. The van der Waals surface area contributed by atoms with Gasteiger partial charge in [-0.1, -0.05) is 12.1 Å². The van der Waals surface area contributed by atoms with E-state index in [9.17, 15) is 13.2 Å². The van der Waals surface area contributed by atoms with E-state index in [-0.39, 0.29) is 23.6 Å². The molecule has 0 aliphatic carbocycles. The summed E-state index contributed by atoms with van der Waals surface area (Å²) in [7, 11) is -3.73. The number of sulfonamides is 1. The summed E-state index contributed by atoms with van der Waals surface area (Å²) in [6, 6.07) is 8.25. The molecule has 2 heterocycles. The van der Waals surface area contributed by atoms with Crippen LogP contribution in [0.15, 0.2) is 52.1 Å². The molecule has 1 aromatic carbocycles. The Morgan fingerprint density at radius 2 is 1.95 bits per heavy atom. The number of ketones is 1. The van der Waals surface area contributed by atoms with Gasteiger partial charge in [-0.25, -0.2) is 8.42 Å². The number of fused-ring (bicyclic) bond motifs is 1. The van der Waals surface area contributed by atoms with Crippen LogP contribution in [0, 0.1) is 0 Å². The molecule has 5 nitrogen and oxygen atoms in total. The Kier molecular flexibility index (Phi) is 3.54. The third kappa shape index (κ3) is 2.47. The zero-order valence-corrected chi connectivity index (χ0v) is 13.3. The molecule has 21 heavy (non-hydrogen) atoms. The van der Waals surface area contributed by atoms with E-state index in [2.05, 4.69) is 20.9 Å². The van der Waals surface area contributed by atoms with E-state index < -0.39 is 10.0 Å². The van der Waals surface area contributed by atoms with Crippen LogP contribution in [0.5, 0.6) is 0 Å². The molecule has 3 rings (SSSR count). The van der Waals surface area contributed by atoms with Gasteiger partial charge in [0.2, 0.25) is 0 Å². The third-order valence-electron chi connectivity index (χ3n) is 3.28. The summed E-state index contributed by atoms with van der Waals surface area (Å²) in [5.74, 6) is -0.0376.